The van der Waals surface area contributed by atoms with Gasteiger partial charge in [0.05, 0.1) is 16.7 Å². The Bertz CT molecular complexity index is 3500. The summed E-state index contributed by atoms with van der Waals surface area (Å²) in [7, 11) is 0. The van der Waals surface area contributed by atoms with E-state index in [4.69, 9.17) is 9.97 Å². The quantitative estimate of drug-likeness (QED) is 0.167. The van der Waals surface area contributed by atoms with Gasteiger partial charge in [-0.25, -0.2) is 9.97 Å². The normalized spacial score (nSPS) is 12.0. The first-order chi connectivity index (χ1) is 27.3. The molecule has 0 N–H and O–H groups in total. The molecule has 0 aliphatic heterocycles. The molecule has 8 aromatic carbocycles. The third-order valence-electron chi connectivity index (χ3n) is 11.1. The Hall–Kier alpha value is -6.78. The van der Waals surface area contributed by atoms with E-state index >= 15 is 0 Å². The van der Waals surface area contributed by atoms with Gasteiger partial charge in [0.1, 0.15) is 0 Å². The smallest absolute Gasteiger partial charge is 0.0527 e. The van der Waals surface area contributed by atoms with Gasteiger partial charge in [-0.1, -0.05) is 42.5 Å². The van der Waals surface area contributed by atoms with E-state index in [1.807, 2.05) is 30.3 Å². The average molecular weight is 766 g/mol. The molecule has 0 amide bonds. The standard InChI is InChI=1S/C50H30N4Se/c1-2-14-31(15-3-1)48-49(52-39-23-8-7-22-38(39)51-48)32-16-12-17-33(30-32)53-40-24-9-4-19-36(40)46-42(53)28-29-43-47(46)37-20-5-10-25-41(37)54(43)44-26-13-21-35-34-18-6-11-27-45(34)55-50(35)44/h1-30H. The summed E-state index contributed by atoms with van der Waals surface area (Å²) in [5.41, 5.74) is 12.8. The topological polar surface area (TPSA) is 35.6 Å². The Morgan fingerprint density at radius 2 is 0.927 bits per heavy atom. The number of para-hydroxylation sites is 4. The van der Waals surface area contributed by atoms with Gasteiger partial charge in [-0.15, -0.1) is 0 Å². The maximum atomic E-state index is 5.24. The molecule has 0 aliphatic carbocycles. The van der Waals surface area contributed by atoms with Crippen molar-refractivity contribution >= 4 is 88.4 Å². The van der Waals surface area contributed by atoms with Crippen LogP contribution in [0.2, 0.25) is 0 Å². The summed E-state index contributed by atoms with van der Waals surface area (Å²) in [5.74, 6) is 0. The van der Waals surface area contributed by atoms with Crippen molar-refractivity contribution in [3.63, 3.8) is 0 Å². The van der Waals surface area contributed by atoms with Crippen molar-refractivity contribution in [3.8, 4) is 33.9 Å². The van der Waals surface area contributed by atoms with Gasteiger partial charge < -0.3 is 0 Å². The fourth-order valence-corrected chi connectivity index (χ4v) is 11.3. The molecule has 12 rings (SSSR count). The van der Waals surface area contributed by atoms with Crippen LogP contribution in [-0.2, 0) is 0 Å². The molecular weight excluding hydrogens is 736 g/mol. The number of hydrogen-bond donors (Lipinski definition) is 0. The van der Waals surface area contributed by atoms with Crippen LogP contribution < -0.4 is 0 Å². The molecule has 0 bridgehead atoms. The van der Waals surface area contributed by atoms with Gasteiger partial charge in [0.15, 0.2) is 0 Å². The third-order valence-corrected chi connectivity index (χ3v) is 13.6. The summed E-state index contributed by atoms with van der Waals surface area (Å²) in [5, 5.41) is 7.79. The molecule has 0 aliphatic rings. The summed E-state index contributed by atoms with van der Waals surface area (Å²) in [6, 6.07) is 65.5. The van der Waals surface area contributed by atoms with Crippen LogP contribution in [0.3, 0.4) is 0 Å². The summed E-state index contributed by atoms with van der Waals surface area (Å²) < 4.78 is 7.85. The van der Waals surface area contributed by atoms with E-state index in [9.17, 15) is 0 Å². The minimum absolute atomic E-state index is 0.223. The summed E-state index contributed by atoms with van der Waals surface area (Å²) in [6.45, 7) is 0. The van der Waals surface area contributed by atoms with Crippen LogP contribution in [0.5, 0.6) is 0 Å². The van der Waals surface area contributed by atoms with Gasteiger partial charge in [-0.05, 0) is 12.1 Å². The molecule has 4 heterocycles. The van der Waals surface area contributed by atoms with Crippen LogP contribution in [0.25, 0.3) is 108 Å². The maximum Gasteiger partial charge on any atom is -0.0527 e. The molecule has 0 radical (unpaired) electrons. The van der Waals surface area contributed by atoms with Crippen LogP contribution in [0, 0.1) is 0 Å². The molecule has 0 fully saturated rings. The molecule has 256 valence electrons. The van der Waals surface area contributed by atoms with Crippen LogP contribution in [0.1, 0.15) is 0 Å². The largest absolute Gasteiger partial charge is 0.0616 e. The second kappa shape index (κ2) is 11.9. The molecule has 0 unspecified atom stereocenters. The molecule has 0 saturated carbocycles. The average Bonchev–Trinajstić information content (AvgIpc) is 3.91. The third kappa shape index (κ3) is 4.52. The number of nitrogens with zero attached hydrogens (tertiary/aromatic N) is 4. The predicted octanol–water partition coefficient (Wildman–Crippen LogP) is 12.5. The maximum absolute atomic E-state index is 5.24. The fraction of sp³-hybridized carbons (Fsp3) is 0. The Morgan fingerprint density at radius 3 is 1.67 bits per heavy atom. The number of aromatic nitrogens is 4. The minimum Gasteiger partial charge on any atom is -0.0616 e. The molecular formula is C50H30N4Se. The zero-order valence-electron chi connectivity index (χ0n) is 29.5. The van der Waals surface area contributed by atoms with Gasteiger partial charge >= 0.3 is 237 Å². The SMILES string of the molecule is c1ccc(-c2nc3ccccc3nc2-c2cccc(-n3c4ccccc4c4c5c6ccccc6n(-c6cccc7c6[se]c6ccccc67)c5ccc43)c2)cc1. The molecule has 12 aromatic rings. The first-order valence-electron chi connectivity index (χ1n) is 18.6. The molecule has 5 heteroatoms. The first-order valence-corrected chi connectivity index (χ1v) is 20.3. The monoisotopic (exact) mass is 766 g/mol. The summed E-state index contributed by atoms with van der Waals surface area (Å²) in [6.07, 6.45) is 0. The van der Waals surface area contributed by atoms with E-state index in [-0.39, 0.29) is 14.5 Å². The van der Waals surface area contributed by atoms with E-state index in [1.54, 1.807) is 0 Å². The van der Waals surface area contributed by atoms with Crippen LogP contribution >= 0.6 is 0 Å². The van der Waals surface area contributed by atoms with Crippen molar-refractivity contribution in [3.05, 3.63) is 182 Å². The molecule has 4 aromatic heterocycles. The summed E-state index contributed by atoms with van der Waals surface area (Å²) in [4.78, 5) is 10.4. The Balaban J connectivity index is 1.13. The minimum atomic E-state index is 0.223. The van der Waals surface area contributed by atoms with Crippen molar-refractivity contribution in [2.75, 3.05) is 0 Å². The van der Waals surface area contributed by atoms with Crippen molar-refractivity contribution in [1.29, 1.82) is 0 Å². The van der Waals surface area contributed by atoms with E-state index in [1.165, 1.54) is 68.6 Å². The second-order valence-corrected chi connectivity index (χ2v) is 16.3. The zero-order valence-corrected chi connectivity index (χ0v) is 31.2. The molecule has 0 spiro atoms. The van der Waals surface area contributed by atoms with E-state index in [0.29, 0.717) is 0 Å². The molecule has 4 nitrogen and oxygen atoms in total. The summed E-state index contributed by atoms with van der Waals surface area (Å²) >= 11 is 0.223. The van der Waals surface area contributed by atoms with Gasteiger partial charge in [-0.3, -0.25) is 0 Å². The molecule has 55 heavy (non-hydrogen) atoms. The van der Waals surface area contributed by atoms with Crippen LogP contribution in [0.15, 0.2) is 182 Å². The fourth-order valence-electron chi connectivity index (χ4n) is 8.76. The number of fused-ring (bicyclic) bond motifs is 11. The zero-order chi connectivity index (χ0) is 36.0. The van der Waals surface area contributed by atoms with Crippen LogP contribution in [-0.4, -0.2) is 33.6 Å². The molecule has 0 atom stereocenters. The number of benzene rings is 8. The van der Waals surface area contributed by atoms with Crippen molar-refractivity contribution in [2.24, 2.45) is 0 Å². The molecule has 0 saturated heterocycles. The predicted molar refractivity (Wildman–Crippen MR) is 231 cm³/mol. The van der Waals surface area contributed by atoms with E-state index in [2.05, 4.69) is 161 Å². The first kappa shape index (κ1) is 30.7. The van der Waals surface area contributed by atoms with E-state index in [0.717, 1.165) is 39.2 Å². The van der Waals surface area contributed by atoms with Gasteiger partial charge in [0, 0.05) is 5.56 Å². The van der Waals surface area contributed by atoms with Crippen molar-refractivity contribution in [1.82, 2.24) is 19.1 Å². The van der Waals surface area contributed by atoms with Crippen molar-refractivity contribution < 1.29 is 0 Å². The number of hydrogen-bond acceptors (Lipinski definition) is 2. The van der Waals surface area contributed by atoms with Crippen molar-refractivity contribution in [2.45, 2.75) is 0 Å². The second-order valence-electron chi connectivity index (χ2n) is 14.1. The Morgan fingerprint density at radius 1 is 0.382 bits per heavy atom. The van der Waals surface area contributed by atoms with Gasteiger partial charge in [0.25, 0.3) is 0 Å². The van der Waals surface area contributed by atoms with Gasteiger partial charge in [0.2, 0.25) is 0 Å². The Labute approximate surface area is 321 Å². The van der Waals surface area contributed by atoms with Gasteiger partial charge in [-0.2, -0.15) is 0 Å². The Kier molecular flexibility index (Phi) is 6.61. The van der Waals surface area contributed by atoms with E-state index < -0.39 is 0 Å². The van der Waals surface area contributed by atoms with Crippen LogP contribution in [0.4, 0.5) is 0 Å². The number of rotatable bonds is 4.